The Morgan fingerprint density at radius 2 is 2.17 bits per heavy atom. The predicted molar refractivity (Wildman–Crippen MR) is 55.2 cm³/mol. The molecule has 1 unspecified atom stereocenters. The smallest absolute Gasteiger partial charge is 0.0292 e. The Labute approximate surface area is 77.1 Å². The molecule has 0 heterocycles. The minimum Gasteiger partial charge on any atom is -0.0853 e. The fraction of sp³-hybridized carbons (Fsp3) is 0.833. The molecule has 0 saturated heterocycles. The van der Waals surface area contributed by atoms with Crippen LogP contribution < -0.4 is 0 Å². The molecule has 1 aliphatic carbocycles. The Kier molecular flexibility index (Phi) is 4.42. The molecule has 0 aromatic heterocycles. The standard InChI is InChI=1S/C12H22/c1-3-5-7-12-9-8-11(10-12)6-4-2/h7,11H,3-6,8-10H2,1-2H3. The monoisotopic (exact) mass is 166 g/mol. The number of rotatable bonds is 4. The number of hydrogen-bond donors (Lipinski definition) is 0. The molecule has 0 heteroatoms. The molecule has 1 fully saturated rings. The molecule has 0 aromatic carbocycles. The first-order chi connectivity index (χ1) is 5.86. The summed E-state index contributed by atoms with van der Waals surface area (Å²) in [5.41, 5.74) is 1.75. The van der Waals surface area contributed by atoms with E-state index in [1.54, 1.807) is 5.57 Å². The molecule has 0 aromatic rings. The van der Waals surface area contributed by atoms with E-state index in [-0.39, 0.29) is 0 Å². The van der Waals surface area contributed by atoms with Crippen molar-refractivity contribution < 1.29 is 0 Å². The van der Waals surface area contributed by atoms with Gasteiger partial charge in [-0.1, -0.05) is 44.8 Å². The molecule has 0 nitrogen and oxygen atoms in total. The normalized spacial score (nSPS) is 26.8. The van der Waals surface area contributed by atoms with E-state index in [2.05, 4.69) is 19.9 Å². The van der Waals surface area contributed by atoms with Crippen LogP contribution in [0.25, 0.3) is 0 Å². The highest BCUT2D eigenvalue weighted by Gasteiger charge is 2.17. The SMILES string of the molecule is CCCC=C1CCC(CCC)C1. The minimum absolute atomic E-state index is 1.03. The number of unbranched alkanes of at least 4 members (excludes halogenated alkanes) is 1. The lowest BCUT2D eigenvalue weighted by Gasteiger charge is -2.04. The van der Waals surface area contributed by atoms with E-state index in [9.17, 15) is 0 Å². The molecular formula is C12H22. The molecule has 1 saturated carbocycles. The quantitative estimate of drug-likeness (QED) is 0.546. The summed E-state index contributed by atoms with van der Waals surface area (Å²) in [4.78, 5) is 0. The van der Waals surface area contributed by atoms with Gasteiger partial charge >= 0.3 is 0 Å². The van der Waals surface area contributed by atoms with Crippen LogP contribution in [0.4, 0.5) is 0 Å². The van der Waals surface area contributed by atoms with E-state index in [0.29, 0.717) is 0 Å². The largest absolute Gasteiger partial charge is 0.0853 e. The second kappa shape index (κ2) is 5.40. The minimum atomic E-state index is 1.03. The molecule has 0 radical (unpaired) electrons. The zero-order valence-corrected chi connectivity index (χ0v) is 8.60. The molecule has 12 heavy (non-hydrogen) atoms. The maximum atomic E-state index is 2.48. The van der Waals surface area contributed by atoms with Gasteiger partial charge in [0.05, 0.1) is 0 Å². The highest BCUT2D eigenvalue weighted by atomic mass is 14.2. The molecule has 0 amide bonds. The first-order valence-electron chi connectivity index (χ1n) is 5.54. The van der Waals surface area contributed by atoms with E-state index in [1.807, 2.05) is 0 Å². The first-order valence-corrected chi connectivity index (χ1v) is 5.54. The molecule has 1 aliphatic rings. The zero-order valence-electron chi connectivity index (χ0n) is 8.60. The van der Waals surface area contributed by atoms with Gasteiger partial charge in [-0.3, -0.25) is 0 Å². The van der Waals surface area contributed by atoms with Crippen LogP contribution in [-0.2, 0) is 0 Å². The van der Waals surface area contributed by atoms with Crippen molar-refractivity contribution >= 4 is 0 Å². The van der Waals surface area contributed by atoms with Crippen LogP contribution in [0, 0.1) is 5.92 Å². The summed E-state index contributed by atoms with van der Waals surface area (Å²) in [6.45, 7) is 4.56. The summed E-state index contributed by atoms with van der Waals surface area (Å²) < 4.78 is 0. The Hall–Kier alpha value is -0.260. The summed E-state index contributed by atoms with van der Waals surface area (Å²) in [5.74, 6) is 1.03. The average Bonchev–Trinajstić information content (AvgIpc) is 2.50. The lowest BCUT2D eigenvalue weighted by molar-refractivity contribution is 0.503. The maximum absolute atomic E-state index is 2.48. The summed E-state index contributed by atoms with van der Waals surface area (Å²) in [6, 6.07) is 0. The van der Waals surface area contributed by atoms with Gasteiger partial charge in [-0.2, -0.15) is 0 Å². The van der Waals surface area contributed by atoms with Crippen molar-refractivity contribution in [1.82, 2.24) is 0 Å². The molecule has 0 spiro atoms. The Bertz CT molecular complexity index is 144. The van der Waals surface area contributed by atoms with Gasteiger partial charge in [0.15, 0.2) is 0 Å². The van der Waals surface area contributed by atoms with Crippen molar-refractivity contribution in [3.05, 3.63) is 11.6 Å². The van der Waals surface area contributed by atoms with Crippen LogP contribution in [0.3, 0.4) is 0 Å². The van der Waals surface area contributed by atoms with Crippen LogP contribution >= 0.6 is 0 Å². The van der Waals surface area contributed by atoms with Gasteiger partial charge in [0.2, 0.25) is 0 Å². The van der Waals surface area contributed by atoms with Gasteiger partial charge in [0, 0.05) is 0 Å². The highest BCUT2D eigenvalue weighted by Crippen LogP contribution is 2.33. The first kappa shape index (κ1) is 9.83. The summed E-state index contributed by atoms with van der Waals surface area (Å²) in [6.07, 6.45) is 12.2. The van der Waals surface area contributed by atoms with Crippen molar-refractivity contribution in [2.45, 2.75) is 58.8 Å². The Balaban J connectivity index is 2.25. The van der Waals surface area contributed by atoms with E-state index in [4.69, 9.17) is 0 Å². The lowest BCUT2D eigenvalue weighted by Crippen LogP contribution is -1.90. The molecule has 70 valence electrons. The fourth-order valence-electron chi connectivity index (χ4n) is 2.15. The topological polar surface area (TPSA) is 0 Å². The van der Waals surface area contributed by atoms with Gasteiger partial charge in [0.25, 0.3) is 0 Å². The summed E-state index contributed by atoms with van der Waals surface area (Å²) in [7, 11) is 0. The van der Waals surface area contributed by atoms with Crippen LogP contribution in [0.2, 0.25) is 0 Å². The van der Waals surface area contributed by atoms with Crippen molar-refractivity contribution in [1.29, 1.82) is 0 Å². The van der Waals surface area contributed by atoms with E-state index in [0.717, 1.165) is 5.92 Å². The second-order valence-corrected chi connectivity index (χ2v) is 4.05. The molecule has 0 bridgehead atoms. The Morgan fingerprint density at radius 1 is 1.33 bits per heavy atom. The van der Waals surface area contributed by atoms with Crippen molar-refractivity contribution in [3.63, 3.8) is 0 Å². The van der Waals surface area contributed by atoms with Gasteiger partial charge in [0.1, 0.15) is 0 Å². The third kappa shape index (κ3) is 3.00. The van der Waals surface area contributed by atoms with Crippen LogP contribution in [-0.4, -0.2) is 0 Å². The van der Waals surface area contributed by atoms with E-state index in [1.165, 1.54) is 44.9 Å². The van der Waals surface area contributed by atoms with Gasteiger partial charge in [-0.05, 0) is 31.6 Å². The molecule has 1 atom stereocenters. The molecular weight excluding hydrogens is 144 g/mol. The van der Waals surface area contributed by atoms with E-state index >= 15 is 0 Å². The lowest BCUT2D eigenvalue weighted by atomic mass is 10.0. The Morgan fingerprint density at radius 3 is 2.83 bits per heavy atom. The van der Waals surface area contributed by atoms with Crippen LogP contribution in [0.15, 0.2) is 11.6 Å². The van der Waals surface area contributed by atoms with E-state index < -0.39 is 0 Å². The van der Waals surface area contributed by atoms with Crippen LogP contribution in [0.1, 0.15) is 58.8 Å². The number of allylic oxidation sites excluding steroid dienone is 2. The summed E-state index contributed by atoms with van der Waals surface area (Å²) in [5, 5.41) is 0. The van der Waals surface area contributed by atoms with Crippen LogP contribution in [0.5, 0.6) is 0 Å². The number of hydrogen-bond acceptors (Lipinski definition) is 0. The third-order valence-corrected chi connectivity index (χ3v) is 2.84. The predicted octanol–water partition coefficient (Wildman–Crippen LogP) is 4.31. The maximum Gasteiger partial charge on any atom is -0.0292 e. The molecule has 1 rings (SSSR count). The third-order valence-electron chi connectivity index (χ3n) is 2.84. The average molecular weight is 166 g/mol. The van der Waals surface area contributed by atoms with Crippen molar-refractivity contribution in [3.8, 4) is 0 Å². The highest BCUT2D eigenvalue weighted by molar-refractivity contribution is 5.07. The summed E-state index contributed by atoms with van der Waals surface area (Å²) >= 11 is 0. The van der Waals surface area contributed by atoms with Gasteiger partial charge in [-0.25, -0.2) is 0 Å². The van der Waals surface area contributed by atoms with Crippen molar-refractivity contribution in [2.24, 2.45) is 5.92 Å². The van der Waals surface area contributed by atoms with Crippen molar-refractivity contribution in [2.75, 3.05) is 0 Å². The van der Waals surface area contributed by atoms with Gasteiger partial charge < -0.3 is 0 Å². The zero-order chi connectivity index (χ0) is 8.81. The fourth-order valence-corrected chi connectivity index (χ4v) is 2.15. The van der Waals surface area contributed by atoms with Gasteiger partial charge in [-0.15, -0.1) is 0 Å². The second-order valence-electron chi connectivity index (χ2n) is 4.05. The molecule has 0 N–H and O–H groups in total. The molecule has 0 aliphatic heterocycles.